The van der Waals surface area contributed by atoms with Gasteiger partial charge < -0.3 is 20.1 Å². The molecule has 0 aromatic heterocycles. The maximum Gasteiger partial charge on any atom is 0.407 e. The molecule has 1 aliphatic rings. The van der Waals surface area contributed by atoms with Crippen molar-refractivity contribution in [2.75, 3.05) is 26.2 Å². The topological polar surface area (TPSA) is 95.9 Å². The van der Waals surface area contributed by atoms with E-state index < -0.39 is 23.9 Å². The first-order valence-corrected chi connectivity index (χ1v) is 10.5. The molecule has 7 heteroatoms. The Hall–Kier alpha value is -3.79. The minimum absolute atomic E-state index is 0.0323. The molecular weight excluding hydrogens is 408 g/mol. The highest BCUT2D eigenvalue weighted by Crippen LogP contribution is 2.44. The summed E-state index contributed by atoms with van der Waals surface area (Å²) >= 11 is 0. The van der Waals surface area contributed by atoms with Crippen LogP contribution in [0.5, 0.6) is 0 Å². The third kappa shape index (κ3) is 5.27. The first-order chi connectivity index (χ1) is 15.4. The Kier molecular flexibility index (Phi) is 7.50. The number of nitrogens with zero attached hydrogens (tertiary/aromatic N) is 1. The average Bonchev–Trinajstić information content (AvgIpc) is 3.12. The molecule has 0 saturated heterocycles. The Balaban J connectivity index is 1.51. The van der Waals surface area contributed by atoms with Gasteiger partial charge in [-0.1, -0.05) is 61.4 Å². The third-order valence-electron chi connectivity index (χ3n) is 5.44. The van der Waals surface area contributed by atoms with Gasteiger partial charge in [0.25, 0.3) is 5.91 Å². The zero-order valence-electron chi connectivity index (χ0n) is 18.1. The maximum atomic E-state index is 12.1. The van der Waals surface area contributed by atoms with E-state index >= 15 is 0 Å². The molecular formula is C25H26N2O5. The van der Waals surface area contributed by atoms with Gasteiger partial charge in [0.2, 0.25) is 0 Å². The number of hydrogen-bond acceptors (Lipinski definition) is 4. The molecule has 0 heterocycles. The molecule has 2 aromatic carbocycles. The van der Waals surface area contributed by atoms with Crippen molar-refractivity contribution in [2.45, 2.75) is 19.8 Å². The van der Waals surface area contributed by atoms with Crippen LogP contribution < -0.4 is 5.32 Å². The molecule has 1 aliphatic carbocycles. The fraction of sp³-hybridized carbons (Fsp3) is 0.320. The smallest absolute Gasteiger partial charge is 0.407 e. The van der Waals surface area contributed by atoms with Crippen molar-refractivity contribution in [1.82, 2.24) is 10.2 Å². The standard InChI is InChI=1S/C25H26N2O5/c1-3-27(15-17(2)24(29)30)23(28)13-8-14-26-25(31)32-16-22-20-11-6-4-9-18(20)19-10-5-7-12-21(19)22/h4-7,9-12,17,22H,3,14-16H2,1-2H3,(H,26,31)(H,29,30). The molecule has 3 rings (SSSR count). The molecule has 0 bridgehead atoms. The molecule has 2 amide bonds. The number of aliphatic carboxylic acids is 1. The number of benzene rings is 2. The van der Waals surface area contributed by atoms with Crippen LogP contribution in [0, 0.1) is 17.8 Å². The van der Waals surface area contributed by atoms with E-state index in [-0.39, 0.29) is 25.6 Å². The SMILES string of the molecule is CCN(CC(C)C(=O)O)C(=O)C#CCNC(=O)OCC1c2ccccc2-c2ccccc21. The number of amides is 2. The molecule has 1 atom stereocenters. The van der Waals surface area contributed by atoms with E-state index in [0.29, 0.717) is 6.54 Å². The molecule has 32 heavy (non-hydrogen) atoms. The van der Waals surface area contributed by atoms with Gasteiger partial charge in [0.15, 0.2) is 0 Å². The summed E-state index contributed by atoms with van der Waals surface area (Å²) in [4.78, 5) is 36.6. The van der Waals surface area contributed by atoms with Gasteiger partial charge in [-0.15, -0.1) is 0 Å². The van der Waals surface area contributed by atoms with Crippen molar-refractivity contribution in [3.8, 4) is 23.0 Å². The molecule has 2 aromatic rings. The largest absolute Gasteiger partial charge is 0.481 e. The van der Waals surface area contributed by atoms with Crippen LogP contribution >= 0.6 is 0 Å². The van der Waals surface area contributed by atoms with Crippen LogP contribution in [0.25, 0.3) is 11.1 Å². The molecule has 0 aliphatic heterocycles. The van der Waals surface area contributed by atoms with E-state index in [1.165, 1.54) is 11.8 Å². The summed E-state index contributed by atoms with van der Waals surface area (Å²) in [6.45, 7) is 3.87. The number of carboxylic acids is 1. The Labute approximate surface area is 187 Å². The minimum Gasteiger partial charge on any atom is -0.481 e. The molecule has 7 nitrogen and oxygen atoms in total. The van der Waals surface area contributed by atoms with Crippen molar-refractivity contribution >= 4 is 18.0 Å². The van der Waals surface area contributed by atoms with Crippen LogP contribution in [0.15, 0.2) is 48.5 Å². The highest BCUT2D eigenvalue weighted by Gasteiger charge is 2.28. The van der Waals surface area contributed by atoms with Gasteiger partial charge in [-0.05, 0) is 35.1 Å². The number of carbonyl (C=O) groups excluding carboxylic acids is 2. The number of carboxylic acid groups (broad SMARTS) is 1. The Morgan fingerprint density at radius 3 is 2.25 bits per heavy atom. The van der Waals surface area contributed by atoms with Crippen LogP contribution in [0.2, 0.25) is 0 Å². The van der Waals surface area contributed by atoms with Crippen molar-refractivity contribution < 1.29 is 24.2 Å². The zero-order chi connectivity index (χ0) is 23.1. The number of hydrogen-bond donors (Lipinski definition) is 2. The normalized spacial score (nSPS) is 12.6. The molecule has 2 N–H and O–H groups in total. The predicted octanol–water partition coefficient (Wildman–Crippen LogP) is 3.10. The zero-order valence-corrected chi connectivity index (χ0v) is 18.1. The molecule has 0 radical (unpaired) electrons. The monoisotopic (exact) mass is 434 g/mol. The second-order valence-corrected chi connectivity index (χ2v) is 7.56. The lowest BCUT2D eigenvalue weighted by Gasteiger charge is -2.20. The van der Waals surface area contributed by atoms with Gasteiger partial charge in [-0.3, -0.25) is 9.59 Å². The number of carbonyl (C=O) groups is 3. The van der Waals surface area contributed by atoms with Gasteiger partial charge >= 0.3 is 12.1 Å². The van der Waals surface area contributed by atoms with Crippen LogP contribution in [0.4, 0.5) is 4.79 Å². The highest BCUT2D eigenvalue weighted by atomic mass is 16.5. The number of nitrogens with one attached hydrogen (secondary N) is 1. The lowest BCUT2D eigenvalue weighted by Crippen LogP contribution is -2.36. The molecule has 0 saturated carbocycles. The second kappa shape index (κ2) is 10.5. The lowest BCUT2D eigenvalue weighted by atomic mass is 9.98. The number of alkyl carbamates (subject to hydrolysis) is 1. The van der Waals surface area contributed by atoms with E-state index in [1.54, 1.807) is 6.92 Å². The van der Waals surface area contributed by atoms with Crippen LogP contribution in [-0.4, -0.2) is 54.2 Å². The predicted molar refractivity (Wildman–Crippen MR) is 120 cm³/mol. The van der Waals surface area contributed by atoms with Gasteiger partial charge in [0, 0.05) is 19.0 Å². The van der Waals surface area contributed by atoms with E-state index in [4.69, 9.17) is 9.84 Å². The third-order valence-corrected chi connectivity index (χ3v) is 5.44. The summed E-state index contributed by atoms with van der Waals surface area (Å²) in [6.07, 6.45) is -0.611. The van der Waals surface area contributed by atoms with E-state index in [2.05, 4.69) is 29.3 Å². The summed E-state index contributed by atoms with van der Waals surface area (Å²) in [5.74, 6) is 2.86. The number of rotatable bonds is 7. The van der Waals surface area contributed by atoms with E-state index in [9.17, 15) is 14.4 Å². The van der Waals surface area contributed by atoms with Crippen molar-refractivity contribution in [3.63, 3.8) is 0 Å². The lowest BCUT2D eigenvalue weighted by molar-refractivity contribution is -0.142. The molecule has 1 unspecified atom stereocenters. The first kappa shape index (κ1) is 22.9. The summed E-state index contributed by atoms with van der Waals surface area (Å²) < 4.78 is 5.42. The van der Waals surface area contributed by atoms with Crippen molar-refractivity contribution in [1.29, 1.82) is 0 Å². The van der Waals surface area contributed by atoms with Gasteiger partial charge in [0.1, 0.15) is 6.61 Å². The van der Waals surface area contributed by atoms with Crippen LogP contribution in [0.3, 0.4) is 0 Å². The Bertz CT molecular complexity index is 1020. The van der Waals surface area contributed by atoms with Crippen LogP contribution in [0.1, 0.15) is 30.9 Å². The summed E-state index contributed by atoms with van der Waals surface area (Å²) in [5.41, 5.74) is 4.56. The van der Waals surface area contributed by atoms with E-state index in [0.717, 1.165) is 22.3 Å². The summed E-state index contributed by atoms with van der Waals surface area (Å²) in [6, 6.07) is 16.2. The second-order valence-electron chi connectivity index (χ2n) is 7.56. The number of fused-ring (bicyclic) bond motifs is 3. The van der Waals surface area contributed by atoms with Gasteiger partial charge in [-0.2, -0.15) is 0 Å². The van der Waals surface area contributed by atoms with Crippen LogP contribution in [-0.2, 0) is 14.3 Å². The summed E-state index contributed by atoms with van der Waals surface area (Å²) in [5, 5.41) is 11.5. The summed E-state index contributed by atoms with van der Waals surface area (Å²) in [7, 11) is 0. The average molecular weight is 434 g/mol. The quantitative estimate of drug-likeness (QED) is 0.653. The fourth-order valence-corrected chi connectivity index (χ4v) is 3.73. The molecule has 166 valence electrons. The van der Waals surface area contributed by atoms with Crippen molar-refractivity contribution in [3.05, 3.63) is 59.7 Å². The first-order valence-electron chi connectivity index (χ1n) is 10.5. The number of ether oxygens (including phenoxy) is 1. The Morgan fingerprint density at radius 2 is 1.69 bits per heavy atom. The molecule has 0 fully saturated rings. The fourth-order valence-electron chi connectivity index (χ4n) is 3.73. The highest BCUT2D eigenvalue weighted by molar-refractivity contribution is 5.93. The van der Waals surface area contributed by atoms with Gasteiger partial charge in [0.05, 0.1) is 12.5 Å². The molecule has 0 spiro atoms. The van der Waals surface area contributed by atoms with Gasteiger partial charge in [-0.25, -0.2) is 4.79 Å². The maximum absolute atomic E-state index is 12.1. The minimum atomic E-state index is -0.971. The van der Waals surface area contributed by atoms with Crippen molar-refractivity contribution in [2.24, 2.45) is 5.92 Å². The van der Waals surface area contributed by atoms with E-state index in [1.807, 2.05) is 36.4 Å². The Morgan fingerprint density at radius 1 is 1.09 bits per heavy atom.